The van der Waals surface area contributed by atoms with Gasteiger partial charge in [0.2, 0.25) is 5.43 Å². The molecule has 5 nitrogen and oxygen atoms in total. The minimum atomic E-state index is -1.29. The number of hydrogen-bond donors (Lipinski definition) is 1. The molecule has 24 heavy (non-hydrogen) atoms. The topological polar surface area (TPSA) is 64.2 Å². The number of carbonyl (C=O) groups is 1. The highest BCUT2D eigenvalue weighted by atomic mass is 19.1. The minimum Gasteiger partial charge on any atom is -0.477 e. The molecule has 1 unspecified atom stereocenters. The summed E-state index contributed by atoms with van der Waals surface area (Å²) in [6.07, 6.45) is 6.29. The summed E-state index contributed by atoms with van der Waals surface area (Å²) in [6.45, 7) is 1.97. The van der Waals surface area contributed by atoms with Crippen molar-refractivity contribution in [3.05, 3.63) is 64.0 Å². The first kappa shape index (κ1) is 14.7. The average molecular weight is 326 g/mol. The fraction of sp³-hybridized carbons (Fsp3) is 0.222. The Labute approximate surface area is 136 Å². The van der Waals surface area contributed by atoms with Crippen LogP contribution in [0.15, 0.2) is 41.6 Å². The predicted octanol–water partition coefficient (Wildman–Crippen LogP) is 3.14. The normalized spacial score (nSPS) is 16.5. The molecule has 0 spiro atoms. The second-order valence-electron chi connectivity index (χ2n) is 6.14. The lowest BCUT2D eigenvalue weighted by atomic mass is 9.94. The van der Waals surface area contributed by atoms with Gasteiger partial charge in [-0.2, -0.15) is 0 Å². The predicted molar refractivity (Wildman–Crippen MR) is 87.5 cm³/mol. The van der Waals surface area contributed by atoms with Gasteiger partial charge in [-0.15, -0.1) is 0 Å². The van der Waals surface area contributed by atoms with Crippen LogP contribution >= 0.6 is 0 Å². The summed E-state index contributed by atoms with van der Waals surface area (Å²) >= 11 is 0. The standard InChI is InChI=1S/C18H15FN2O3/c1-10-4-5-11-15-12(17(22)13(18(23)24)9-21(10)15)8-14(19)16(11)20-6-2-3-7-20/h2-3,6-10H,4-5H2,1H3,(H,23,24). The van der Waals surface area contributed by atoms with E-state index in [4.69, 9.17) is 0 Å². The SMILES string of the molecule is CC1CCc2c(-n3cccc3)c(F)cc3c(=O)c(C(=O)O)cn1c23. The van der Waals surface area contributed by atoms with Crippen molar-refractivity contribution in [1.82, 2.24) is 9.13 Å². The molecule has 3 aromatic rings. The van der Waals surface area contributed by atoms with Gasteiger partial charge in [0.1, 0.15) is 11.4 Å². The monoisotopic (exact) mass is 326 g/mol. The Balaban J connectivity index is 2.20. The maximum Gasteiger partial charge on any atom is 0.341 e. The van der Waals surface area contributed by atoms with Crippen LogP contribution in [-0.4, -0.2) is 20.2 Å². The molecule has 0 saturated heterocycles. The molecule has 2 aromatic heterocycles. The molecule has 6 heteroatoms. The molecule has 3 heterocycles. The lowest BCUT2D eigenvalue weighted by molar-refractivity contribution is 0.0694. The van der Waals surface area contributed by atoms with Gasteiger partial charge in [-0.05, 0) is 38.0 Å². The number of nitrogens with zero attached hydrogens (tertiary/aromatic N) is 2. The van der Waals surface area contributed by atoms with Crippen LogP contribution in [0.4, 0.5) is 4.39 Å². The van der Waals surface area contributed by atoms with Crippen LogP contribution in [0, 0.1) is 5.82 Å². The van der Waals surface area contributed by atoms with E-state index in [-0.39, 0.29) is 17.0 Å². The van der Waals surface area contributed by atoms with Gasteiger partial charge in [0, 0.05) is 35.6 Å². The number of aromatic carboxylic acids is 1. The van der Waals surface area contributed by atoms with E-state index < -0.39 is 17.2 Å². The third-order valence-corrected chi connectivity index (χ3v) is 4.72. The number of carboxylic acids is 1. The first-order valence-corrected chi connectivity index (χ1v) is 7.76. The van der Waals surface area contributed by atoms with Crippen molar-refractivity contribution in [2.24, 2.45) is 0 Å². The van der Waals surface area contributed by atoms with Crippen molar-refractivity contribution < 1.29 is 14.3 Å². The van der Waals surface area contributed by atoms with Crippen LogP contribution in [0.1, 0.15) is 35.3 Å². The highest BCUT2D eigenvalue weighted by Crippen LogP contribution is 2.35. The average Bonchev–Trinajstić information content (AvgIpc) is 3.06. The number of benzene rings is 1. The van der Waals surface area contributed by atoms with Gasteiger partial charge in [0.25, 0.3) is 0 Å². The second-order valence-corrected chi connectivity index (χ2v) is 6.14. The number of aromatic nitrogens is 2. The van der Waals surface area contributed by atoms with Crippen molar-refractivity contribution in [3.8, 4) is 5.69 Å². The highest BCUT2D eigenvalue weighted by molar-refractivity contribution is 5.94. The number of rotatable bonds is 2. The number of carboxylic acid groups (broad SMARTS) is 1. The van der Waals surface area contributed by atoms with Crippen LogP contribution in [0.5, 0.6) is 0 Å². The molecule has 0 radical (unpaired) electrons. The highest BCUT2D eigenvalue weighted by Gasteiger charge is 2.26. The van der Waals surface area contributed by atoms with Gasteiger partial charge in [0.05, 0.1) is 11.2 Å². The zero-order valence-electron chi connectivity index (χ0n) is 13.0. The van der Waals surface area contributed by atoms with E-state index in [1.54, 1.807) is 21.5 Å². The van der Waals surface area contributed by atoms with Crippen molar-refractivity contribution in [3.63, 3.8) is 0 Å². The summed E-state index contributed by atoms with van der Waals surface area (Å²) in [6, 6.07) is 4.82. The molecular formula is C18H15FN2O3. The van der Waals surface area contributed by atoms with Crippen molar-refractivity contribution in [2.45, 2.75) is 25.8 Å². The quantitative estimate of drug-likeness (QED) is 0.787. The summed E-state index contributed by atoms with van der Waals surface area (Å²) in [5, 5.41) is 9.41. The van der Waals surface area contributed by atoms with Crippen molar-refractivity contribution in [1.29, 1.82) is 0 Å². The molecule has 1 aliphatic heterocycles. The van der Waals surface area contributed by atoms with Gasteiger partial charge >= 0.3 is 5.97 Å². The van der Waals surface area contributed by atoms with Crippen LogP contribution in [0.2, 0.25) is 0 Å². The molecule has 0 amide bonds. The second kappa shape index (κ2) is 5.06. The zero-order valence-corrected chi connectivity index (χ0v) is 13.0. The van der Waals surface area contributed by atoms with Gasteiger partial charge in [0.15, 0.2) is 0 Å². The van der Waals surface area contributed by atoms with E-state index in [1.165, 1.54) is 6.20 Å². The number of pyridine rings is 1. The fourth-order valence-electron chi connectivity index (χ4n) is 3.55. The minimum absolute atomic E-state index is 0.0432. The third-order valence-electron chi connectivity index (χ3n) is 4.72. The Morgan fingerprint density at radius 2 is 2.04 bits per heavy atom. The third kappa shape index (κ3) is 1.92. The first-order valence-electron chi connectivity index (χ1n) is 7.76. The molecule has 1 aliphatic rings. The van der Waals surface area contributed by atoms with E-state index in [1.807, 2.05) is 19.1 Å². The molecule has 4 rings (SSSR count). The number of hydrogen-bond acceptors (Lipinski definition) is 2. The Morgan fingerprint density at radius 1 is 1.33 bits per heavy atom. The molecule has 0 fully saturated rings. The Morgan fingerprint density at radius 3 is 2.71 bits per heavy atom. The summed E-state index contributed by atoms with van der Waals surface area (Å²) in [4.78, 5) is 23.9. The van der Waals surface area contributed by atoms with Crippen LogP contribution in [-0.2, 0) is 6.42 Å². The summed E-state index contributed by atoms with van der Waals surface area (Å²) in [5.41, 5.74) is 0.843. The molecule has 122 valence electrons. The Kier molecular flexibility index (Phi) is 3.09. The lowest BCUT2D eigenvalue weighted by Crippen LogP contribution is -2.25. The van der Waals surface area contributed by atoms with Crippen molar-refractivity contribution >= 4 is 16.9 Å². The molecule has 1 N–H and O–H groups in total. The van der Waals surface area contributed by atoms with E-state index in [9.17, 15) is 19.1 Å². The lowest BCUT2D eigenvalue weighted by Gasteiger charge is -2.28. The molecule has 0 bridgehead atoms. The first-order chi connectivity index (χ1) is 11.5. The van der Waals surface area contributed by atoms with Crippen LogP contribution in [0.25, 0.3) is 16.6 Å². The summed E-state index contributed by atoms with van der Waals surface area (Å²) in [7, 11) is 0. The van der Waals surface area contributed by atoms with Gasteiger partial charge < -0.3 is 14.2 Å². The van der Waals surface area contributed by atoms with E-state index in [2.05, 4.69) is 0 Å². The van der Waals surface area contributed by atoms with Crippen molar-refractivity contribution in [2.75, 3.05) is 0 Å². The van der Waals surface area contributed by atoms with Crippen LogP contribution in [0.3, 0.4) is 0 Å². The Hall–Kier alpha value is -2.89. The van der Waals surface area contributed by atoms with E-state index in [0.717, 1.165) is 18.1 Å². The van der Waals surface area contributed by atoms with Gasteiger partial charge in [-0.1, -0.05) is 0 Å². The maximum absolute atomic E-state index is 14.8. The van der Waals surface area contributed by atoms with E-state index >= 15 is 0 Å². The summed E-state index contributed by atoms with van der Waals surface area (Å²) in [5.74, 6) is -1.81. The van der Waals surface area contributed by atoms with Gasteiger partial charge in [-0.25, -0.2) is 9.18 Å². The largest absolute Gasteiger partial charge is 0.477 e. The van der Waals surface area contributed by atoms with Crippen LogP contribution < -0.4 is 5.43 Å². The Bertz CT molecular complexity index is 1030. The van der Waals surface area contributed by atoms with E-state index in [0.29, 0.717) is 17.6 Å². The molecule has 1 aromatic carbocycles. The zero-order chi connectivity index (χ0) is 17.0. The van der Waals surface area contributed by atoms with Gasteiger partial charge in [-0.3, -0.25) is 4.79 Å². The molecule has 1 atom stereocenters. The molecule has 0 saturated carbocycles. The maximum atomic E-state index is 14.8. The number of halogens is 1. The number of aryl methyl sites for hydroxylation is 1. The molecule has 0 aliphatic carbocycles. The summed E-state index contributed by atoms with van der Waals surface area (Å²) < 4.78 is 18.3. The smallest absolute Gasteiger partial charge is 0.341 e. The fourth-order valence-corrected chi connectivity index (χ4v) is 3.55. The molecular weight excluding hydrogens is 311 g/mol.